The van der Waals surface area contributed by atoms with Gasteiger partial charge in [-0.1, -0.05) is 196 Å². The van der Waals surface area contributed by atoms with E-state index >= 15 is 0 Å². The summed E-state index contributed by atoms with van der Waals surface area (Å²) in [5, 5.41) is 0. The van der Waals surface area contributed by atoms with Crippen molar-refractivity contribution in [2.24, 2.45) is 5.92 Å². The third kappa shape index (κ3) is 54.9. The Labute approximate surface area is 623 Å². The molecule has 0 heterocycles. The van der Waals surface area contributed by atoms with Gasteiger partial charge in [-0.3, -0.25) is 28.8 Å². The van der Waals surface area contributed by atoms with Crippen molar-refractivity contribution in [3.8, 4) is 0 Å². The van der Waals surface area contributed by atoms with Crippen LogP contribution in [0.2, 0.25) is 0 Å². The molecule has 0 N–H and O–H groups in total. The van der Waals surface area contributed by atoms with Gasteiger partial charge in [-0.2, -0.15) is 0 Å². The first-order valence-corrected chi connectivity index (χ1v) is 33.7. The molecule has 576 valence electrons. The van der Waals surface area contributed by atoms with E-state index in [0.29, 0.717) is 80.0 Å². The van der Waals surface area contributed by atoms with Crippen LogP contribution in [0.3, 0.4) is 0 Å². The van der Waals surface area contributed by atoms with Crippen LogP contribution in [0.25, 0.3) is 0 Å². The Kier molecular flexibility index (Phi) is 64.0. The molecule has 0 saturated heterocycles. The summed E-state index contributed by atoms with van der Waals surface area (Å²) in [5.41, 5.74) is 1.69. The van der Waals surface area contributed by atoms with Crippen molar-refractivity contribution in [1.82, 2.24) is 0 Å². The standard InChI is InChI=1S/C15H24O4.3C14H14O4.C13H20O4.C12H18O4/c1-3-12-18-14(16)10-8-6-5-7-9-11-15(17)19-13-4-2;1-3-9-17-13(15)11-5-7-12(8-6-11)14(16)18-10-4-2;1-3-9-17-13(15)11-7-5-6-8-12(11)14(16)18-10-4-2;1-3-8-17-13(15)11-6-5-7-12(10-11)14(16)18-9-4-2;1-4-9-16-12(14)8-6-7-11(3)13(15)17-10-5-2;1-3-9-15-11(13)7-5-6-8-12(14)16-10-4-2/h3-4H,1-2,5-13H2;2*3-8H,1-2,9-10H2;3-7,10H,1-2,8-9H2;4-5,11H,1-2,6-10H2,3H3;3-4H,1-2,5-10H2. The second-order valence-corrected chi connectivity index (χ2v) is 21.1. The topological polar surface area (TPSA) is 316 Å². The van der Waals surface area contributed by atoms with Crippen molar-refractivity contribution in [1.29, 1.82) is 0 Å². The van der Waals surface area contributed by atoms with Gasteiger partial charge in [0.2, 0.25) is 0 Å². The Hall–Kier alpha value is -11.8. The number of carbonyl (C=O) groups excluding carboxylic acids is 12. The number of unbranched alkanes of at least 4 members (excludes halogenated alkanes) is 5. The number of esters is 12. The first-order valence-electron chi connectivity index (χ1n) is 33.7. The number of ether oxygens (including phenoxy) is 12. The smallest absolute Gasteiger partial charge is 0.339 e. The molecule has 0 amide bonds. The van der Waals surface area contributed by atoms with Gasteiger partial charge in [0.25, 0.3) is 0 Å². The summed E-state index contributed by atoms with van der Waals surface area (Å²) in [6.07, 6.45) is 27.0. The summed E-state index contributed by atoms with van der Waals surface area (Å²) >= 11 is 0. The van der Waals surface area contributed by atoms with Gasteiger partial charge in [-0.05, 0) is 93.1 Å². The van der Waals surface area contributed by atoms with Crippen LogP contribution in [-0.2, 0) is 85.6 Å². The van der Waals surface area contributed by atoms with Crippen molar-refractivity contribution in [3.05, 3.63) is 258 Å². The summed E-state index contributed by atoms with van der Waals surface area (Å²) in [6, 6.07) is 18.5. The van der Waals surface area contributed by atoms with Gasteiger partial charge in [0, 0.05) is 32.1 Å². The molecule has 0 radical (unpaired) electrons. The van der Waals surface area contributed by atoms with Gasteiger partial charge in [0.15, 0.2) is 0 Å². The minimum absolute atomic E-state index is 0.0921. The number of hydrogen-bond acceptors (Lipinski definition) is 24. The summed E-state index contributed by atoms with van der Waals surface area (Å²) in [5.74, 6) is -4.70. The minimum atomic E-state index is -0.582. The summed E-state index contributed by atoms with van der Waals surface area (Å²) in [4.78, 5) is 136. The van der Waals surface area contributed by atoms with E-state index in [2.05, 4.69) is 78.9 Å². The molecule has 0 aliphatic rings. The average Bonchev–Trinajstić information content (AvgIpc) is 0.865. The first kappa shape index (κ1) is 98.4. The fourth-order valence-corrected chi connectivity index (χ4v) is 7.33. The molecule has 0 spiro atoms. The van der Waals surface area contributed by atoms with Crippen molar-refractivity contribution < 1.29 is 114 Å². The van der Waals surface area contributed by atoms with E-state index in [0.717, 1.165) is 32.1 Å². The molecule has 0 saturated carbocycles. The maximum atomic E-state index is 11.7. The number of rotatable bonds is 48. The summed E-state index contributed by atoms with van der Waals surface area (Å²) in [7, 11) is 0. The molecule has 24 nitrogen and oxygen atoms in total. The van der Waals surface area contributed by atoms with Crippen LogP contribution in [0.5, 0.6) is 0 Å². The van der Waals surface area contributed by atoms with Crippen LogP contribution in [-0.4, -0.2) is 151 Å². The van der Waals surface area contributed by atoms with Crippen LogP contribution < -0.4 is 0 Å². The number of benzene rings is 3. The minimum Gasteiger partial charge on any atom is -0.461 e. The van der Waals surface area contributed by atoms with E-state index in [-0.39, 0.29) is 132 Å². The zero-order chi connectivity index (χ0) is 79.8. The highest BCUT2D eigenvalue weighted by molar-refractivity contribution is 6.03. The molecular weight excluding hydrogens is 1370 g/mol. The molecule has 0 aromatic heterocycles. The Morgan fingerprint density at radius 1 is 0.264 bits per heavy atom. The van der Waals surface area contributed by atoms with Crippen LogP contribution in [0.4, 0.5) is 0 Å². The van der Waals surface area contributed by atoms with E-state index < -0.39 is 35.8 Å². The SMILES string of the molecule is C=CCOC(=O)CCCC(C)C(=O)OCC=C.C=CCOC(=O)CCCCC(=O)OCC=C.C=CCOC(=O)CCCCCCCC(=O)OCC=C.C=CCOC(=O)c1ccc(C(=O)OCC=C)cc1.C=CCOC(=O)c1cccc(C(=O)OCC=C)c1.C=CCOC(=O)c1ccccc1C(=O)OCC=C. The van der Waals surface area contributed by atoms with E-state index in [9.17, 15) is 57.5 Å². The predicted molar refractivity (Wildman–Crippen MR) is 403 cm³/mol. The molecule has 3 aromatic rings. The largest absolute Gasteiger partial charge is 0.461 e. The Bertz CT molecular complexity index is 3080. The third-order valence-corrected chi connectivity index (χ3v) is 12.4. The molecule has 3 aromatic carbocycles. The van der Waals surface area contributed by atoms with E-state index in [1.165, 1.54) is 103 Å². The second kappa shape index (κ2) is 68.9. The van der Waals surface area contributed by atoms with Crippen LogP contribution in [0.1, 0.15) is 159 Å². The molecule has 1 unspecified atom stereocenters. The molecule has 0 aliphatic heterocycles. The molecule has 106 heavy (non-hydrogen) atoms. The lowest BCUT2D eigenvalue weighted by Crippen LogP contribution is -2.15. The molecule has 0 fully saturated rings. The number of carbonyl (C=O) groups is 12. The van der Waals surface area contributed by atoms with E-state index in [1.807, 2.05) is 0 Å². The Morgan fingerprint density at radius 2 is 0.491 bits per heavy atom. The highest BCUT2D eigenvalue weighted by Gasteiger charge is 2.19. The molecule has 3 rings (SSSR count). The molecular formula is C82H104O24. The van der Waals surface area contributed by atoms with Gasteiger partial charge in [-0.15, -0.1) is 0 Å². The zero-order valence-corrected chi connectivity index (χ0v) is 61.1. The summed E-state index contributed by atoms with van der Waals surface area (Å²) in [6.45, 7) is 45.4. The molecule has 24 heteroatoms. The fourth-order valence-electron chi connectivity index (χ4n) is 7.33. The highest BCUT2D eigenvalue weighted by atomic mass is 16.6. The van der Waals surface area contributed by atoms with Crippen LogP contribution >= 0.6 is 0 Å². The van der Waals surface area contributed by atoms with Gasteiger partial charge < -0.3 is 56.8 Å². The molecule has 0 bridgehead atoms. The van der Waals surface area contributed by atoms with Crippen molar-refractivity contribution >= 4 is 71.6 Å². The van der Waals surface area contributed by atoms with E-state index in [4.69, 9.17) is 56.8 Å². The fraction of sp³-hybridized carbons (Fsp3) is 0.341. The second-order valence-electron chi connectivity index (χ2n) is 21.1. The number of hydrogen-bond donors (Lipinski definition) is 0. The van der Waals surface area contributed by atoms with Crippen molar-refractivity contribution in [3.63, 3.8) is 0 Å². The lowest BCUT2D eigenvalue weighted by Gasteiger charge is -2.09. The van der Waals surface area contributed by atoms with Gasteiger partial charge in [-0.25, -0.2) is 28.8 Å². The predicted octanol–water partition coefficient (Wildman–Crippen LogP) is 14.5. The Morgan fingerprint density at radius 3 is 0.774 bits per heavy atom. The van der Waals surface area contributed by atoms with Crippen molar-refractivity contribution in [2.45, 2.75) is 96.8 Å². The third-order valence-electron chi connectivity index (χ3n) is 12.4. The first-order chi connectivity index (χ1) is 51.1. The monoisotopic (exact) mass is 1470 g/mol. The molecule has 1 atom stereocenters. The van der Waals surface area contributed by atoms with Gasteiger partial charge in [0.05, 0.1) is 39.3 Å². The maximum Gasteiger partial charge on any atom is 0.339 e. The van der Waals surface area contributed by atoms with Crippen LogP contribution in [0, 0.1) is 5.92 Å². The highest BCUT2D eigenvalue weighted by Crippen LogP contribution is 2.15. The maximum absolute atomic E-state index is 11.7. The van der Waals surface area contributed by atoms with Crippen LogP contribution in [0.15, 0.2) is 225 Å². The summed E-state index contributed by atoms with van der Waals surface area (Å²) < 4.78 is 58.2. The van der Waals surface area contributed by atoms with Gasteiger partial charge in [0.1, 0.15) is 79.3 Å². The van der Waals surface area contributed by atoms with Gasteiger partial charge >= 0.3 is 71.6 Å². The van der Waals surface area contributed by atoms with Crippen molar-refractivity contribution in [2.75, 3.05) is 79.3 Å². The zero-order valence-electron chi connectivity index (χ0n) is 61.1. The normalized spacial score (nSPS) is 9.71. The molecule has 0 aliphatic carbocycles. The Balaban J connectivity index is -0.00000120. The lowest BCUT2D eigenvalue weighted by atomic mass is 10.0. The van der Waals surface area contributed by atoms with E-state index in [1.54, 1.807) is 49.4 Å². The lowest BCUT2D eigenvalue weighted by molar-refractivity contribution is -0.148. The quantitative estimate of drug-likeness (QED) is 0.0219. The average molecular weight is 1470 g/mol.